The zero-order valence-electron chi connectivity index (χ0n) is 13.1. The second-order valence-electron chi connectivity index (χ2n) is 5.34. The van der Waals surface area contributed by atoms with Gasteiger partial charge in [0.25, 0.3) is 0 Å². The van der Waals surface area contributed by atoms with Gasteiger partial charge in [-0.3, -0.25) is 9.59 Å². The molecule has 24 heavy (non-hydrogen) atoms. The van der Waals surface area contributed by atoms with Crippen LogP contribution in [0.15, 0.2) is 54.6 Å². The Morgan fingerprint density at radius 2 is 1.71 bits per heavy atom. The fourth-order valence-corrected chi connectivity index (χ4v) is 2.00. The van der Waals surface area contributed by atoms with Crippen LogP contribution in [-0.2, 0) is 22.6 Å². The Hall–Kier alpha value is -2.86. The molecule has 2 aromatic rings. The van der Waals surface area contributed by atoms with E-state index in [1.54, 1.807) is 24.3 Å². The predicted molar refractivity (Wildman–Crippen MR) is 89.5 cm³/mol. The Morgan fingerprint density at radius 1 is 1.04 bits per heavy atom. The van der Waals surface area contributed by atoms with E-state index in [2.05, 4.69) is 5.32 Å². The average molecular weight is 328 g/mol. The fraction of sp³-hybridized carbons (Fsp3) is 0.222. The van der Waals surface area contributed by atoms with Gasteiger partial charge in [-0.05, 0) is 23.3 Å². The lowest BCUT2D eigenvalue weighted by molar-refractivity contribution is -0.138. The summed E-state index contributed by atoms with van der Waals surface area (Å²) < 4.78 is 5.67. The Balaban J connectivity index is 1.79. The van der Waals surface area contributed by atoms with Crippen molar-refractivity contribution in [3.63, 3.8) is 0 Å². The molecule has 6 nitrogen and oxygen atoms in total. The van der Waals surface area contributed by atoms with Crippen LogP contribution in [0.2, 0.25) is 0 Å². The van der Waals surface area contributed by atoms with Gasteiger partial charge in [0.1, 0.15) is 18.4 Å². The number of carbonyl (C=O) groups is 2. The molecule has 0 saturated carbocycles. The predicted octanol–water partition coefficient (Wildman–Crippen LogP) is 1.34. The summed E-state index contributed by atoms with van der Waals surface area (Å²) in [6.07, 6.45) is 0.158. The molecule has 0 radical (unpaired) electrons. The van der Waals surface area contributed by atoms with E-state index >= 15 is 0 Å². The molecule has 4 N–H and O–H groups in total. The van der Waals surface area contributed by atoms with Crippen LogP contribution in [0.5, 0.6) is 5.75 Å². The number of amides is 1. The van der Waals surface area contributed by atoms with Gasteiger partial charge < -0.3 is 20.9 Å². The third kappa shape index (κ3) is 5.73. The Bertz CT molecular complexity index is 671. The highest BCUT2D eigenvalue weighted by molar-refractivity contribution is 5.80. The van der Waals surface area contributed by atoms with Gasteiger partial charge in [-0.2, -0.15) is 0 Å². The summed E-state index contributed by atoms with van der Waals surface area (Å²) in [6, 6.07) is 15.9. The van der Waals surface area contributed by atoms with E-state index in [9.17, 15) is 9.59 Å². The zero-order chi connectivity index (χ0) is 17.4. The van der Waals surface area contributed by atoms with Gasteiger partial charge in [-0.25, -0.2) is 0 Å². The third-order valence-electron chi connectivity index (χ3n) is 3.37. The number of carbonyl (C=O) groups excluding carboxylic acids is 1. The highest BCUT2D eigenvalue weighted by Gasteiger charge is 2.12. The minimum absolute atomic E-state index is 0.0908. The number of rotatable bonds is 8. The van der Waals surface area contributed by atoms with Crippen molar-refractivity contribution in [2.24, 2.45) is 5.73 Å². The monoisotopic (exact) mass is 328 g/mol. The first-order chi connectivity index (χ1) is 11.5. The van der Waals surface area contributed by atoms with Gasteiger partial charge in [-0.1, -0.05) is 42.5 Å². The van der Waals surface area contributed by atoms with E-state index < -0.39 is 12.0 Å². The SMILES string of the molecule is NC(CNC(=O)Cc1ccc(OCc2ccccc2)cc1)C(=O)O. The van der Waals surface area contributed by atoms with E-state index in [4.69, 9.17) is 15.6 Å². The minimum atomic E-state index is -1.14. The summed E-state index contributed by atoms with van der Waals surface area (Å²) in [5.41, 5.74) is 7.22. The van der Waals surface area contributed by atoms with E-state index in [1.807, 2.05) is 30.3 Å². The van der Waals surface area contributed by atoms with Gasteiger partial charge in [0.05, 0.1) is 6.42 Å². The first-order valence-corrected chi connectivity index (χ1v) is 7.55. The molecule has 126 valence electrons. The smallest absolute Gasteiger partial charge is 0.322 e. The Labute approximate surface area is 140 Å². The average Bonchev–Trinajstić information content (AvgIpc) is 2.60. The van der Waals surface area contributed by atoms with Crippen LogP contribution in [0.3, 0.4) is 0 Å². The second-order valence-corrected chi connectivity index (χ2v) is 5.34. The first-order valence-electron chi connectivity index (χ1n) is 7.55. The van der Waals surface area contributed by atoms with Crippen LogP contribution in [0.1, 0.15) is 11.1 Å². The van der Waals surface area contributed by atoms with E-state index in [0.717, 1.165) is 16.9 Å². The number of nitrogens with two attached hydrogens (primary N) is 1. The molecule has 0 bridgehead atoms. The quantitative estimate of drug-likeness (QED) is 0.679. The molecule has 0 aromatic heterocycles. The molecule has 2 aromatic carbocycles. The topological polar surface area (TPSA) is 102 Å². The zero-order valence-corrected chi connectivity index (χ0v) is 13.1. The molecule has 0 heterocycles. The molecular weight excluding hydrogens is 308 g/mol. The standard InChI is InChI=1S/C18H20N2O4/c19-16(18(22)23)11-20-17(21)10-13-6-8-15(9-7-13)24-12-14-4-2-1-3-5-14/h1-9,16H,10-12,19H2,(H,20,21)(H,22,23). The first kappa shape index (κ1) is 17.5. The molecule has 2 rings (SSSR count). The van der Waals surface area contributed by atoms with Crippen molar-refractivity contribution in [2.75, 3.05) is 6.54 Å². The maximum Gasteiger partial charge on any atom is 0.322 e. The number of hydrogen-bond donors (Lipinski definition) is 3. The molecule has 0 aliphatic carbocycles. The molecule has 0 fully saturated rings. The van der Waals surface area contributed by atoms with Crippen LogP contribution >= 0.6 is 0 Å². The molecule has 0 aliphatic rings. The lowest BCUT2D eigenvalue weighted by Crippen LogP contribution is -2.42. The maximum absolute atomic E-state index is 11.7. The maximum atomic E-state index is 11.7. The van der Waals surface area contributed by atoms with Crippen molar-refractivity contribution >= 4 is 11.9 Å². The van der Waals surface area contributed by atoms with Crippen molar-refractivity contribution in [3.05, 3.63) is 65.7 Å². The van der Waals surface area contributed by atoms with Crippen LogP contribution in [0, 0.1) is 0 Å². The lowest BCUT2D eigenvalue weighted by atomic mass is 10.1. The molecule has 0 aliphatic heterocycles. The summed E-state index contributed by atoms with van der Waals surface area (Å²) >= 11 is 0. The van der Waals surface area contributed by atoms with Crippen molar-refractivity contribution in [2.45, 2.75) is 19.1 Å². The molecule has 1 amide bonds. The van der Waals surface area contributed by atoms with E-state index in [0.29, 0.717) is 6.61 Å². The summed E-state index contributed by atoms with van der Waals surface area (Å²) in [7, 11) is 0. The normalized spacial score (nSPS) is 11.5. The van der Waals surface area contributed by atoms with Gasteiger partial charge >= 0.3 is 5.97 Å². The van der Waals surface area contributed by atoms with Gasteiger partial charge in [0.2, 0.25) is 5.91 Å². The lowest BCUT2D eigenvalue weighted by Gasteiger charge is -2.09. The minimum Gasteiger partial charge on any atom is -0.489 e. The molecule has 6 heteroatoms. The molecule has 0 saturated heterocycles. The highest BCUT2D eigenvalue weighted by Crippen LogP contribution is 2.14. The summed E-state index contributed by atoms with van der Waals surface area (Å²) in [6.45, 7) is 0.389. The number of benzene rings is 2. The van der Waals surface area contributed by atoms with Crippen LogP contribution < -0.4 is 15.8 Å². The molecule has 1 unspecified atom stereocenters. The number of ether oxygens (including phenoxy) is 1. The number of aliphatic carboxylic acids is 1. The largest absolute Gasteiger partial charge is 0.489 e. The number of nitrogens with one attached hydrogen (secondary N) is 1. The Morgan fingerprint density at radius 3 is 2.33 bits per heavy atom. The van der Waals surface area contributed by atoms with Crippen LogP contribution in [0.25, 0.3) is 0 Å². The van der Waals surface area contributed by atoms with Gasteiger partial charge in [-0.15, -0.1) is 0 Å². The van der Waals surface area contributed by atoms with Crippen molar-refractivity contribution in [3.8, 4) is 5.75 Å². The van der Waals surface area contributed by atoms with E-state index in [-0.39, 0.29) is 18.9 Å². The number of carboxylic acids is 1. The number of hydrogen-bond acceptors (Lipinski definition) is 4. The third-order valence-corrected chi connectivity index (χ3v) is 3.37. The van der Waals surface area contributed by atoms with Gasteiger partial charge in [0, 0.05) is 6.54 Å². The molecule has 1 atom stereocenters. The second kappa shape index (κ2) is 8.69. The Kier molecular flexibility index (Phi) is 6.33. The fourth-order valence-electron chi connectivity index (χ4n) is 2.00. The van der Waals surface area contributed by atoms with Gasteiger partial charge in [0.15, 0.2) is 0 Å². The molecule has 0 spiro atoms. The highest BCUT2D eigenvalue weighted by atomic mass is 16.5. The van der Waals surface area contributed by atoms with Crippen molar-refractivity contribution in [1.29, 1.82) is 0 Å². The summed E-state index contributed by atoms with van der Waals surface area (Å²) in [5, 5.41) is 11.2. The van der Waals surface area contributed by atoms with Crippen molar-refractivity contribution < 1.29 is 19.4 Å². The summed E-state index contributed by atoms with van der Waals surface area (Å²) in [4.78, 5) is 22.3. The van der Waals surface area contributed by atoms with Crippen molar-refractivity contribution in [1.82, 2.24) is 5.32 Å². The van der Waals surface area contributed by atoms with E-state index in [1.165, 1.54) is 0 Å². The van der Waals surface area contributed by atoms with Crippen LogP contribution in [0.4, 0.5) is 0 Å². The number of carboxylic acid groups (broad SMARTS) is 1. The van der Waals surface area contributed by atoms with Crippen LogP contribution in [-0.4, -0.2) is 29.6 Å². The summed E-state index contributed by atoms with van der Waals surface area (Å²) in [5.74, 6) is -0.698. The molecular formula is C18H20N2O4.